The second-order valence-corrected chi connectivity index (χ2v) is 3.92. The minimum atomic E-state index is -4.52. The SMILES string of the molecule is Nc1ccc(Cl)cc1S(=O)(=O)[O-].[Na+]. The Kier molecular flexibility index (Phi) is 4.71. The molecule has 0 aromatic heterocycles. The summed E-state index contributed by atoms with van der Waals surface area (Å²) in [7, 11) is -4.52. The van der Waals surface area contributed by atoms with E-state index in [0.717, 1.165) is 6.07 Å². The van der Waals surface area contributed by atoms with E-state index >= 15 is 0 Å². The van der Waals surface area contributed by atoms with Crippen LogP contribution in [-0.4, -0.2) is 13.0 Å². The van der Waals surface area contributed by atoms with Gasteiger partial charge in [0.05, 0.1) is 4.90 Å². The van der Waals surface area contributed by atoms with E-state index < -0.39 is 15.0 Å². The van der Waals surface area contributed by atoms with Gasteiger partial charge in [0, 0.05) is 10.7 Å². The second-order valence-electron chi connectivity index (χ2n) is 2.14. The number of halogens is 1. The van der Waals surface area contributed by atoms with E-state index in [1.54, 1.807) is 0 Å². The molecule has 0 saturated heterocycles. The van der Waals surface area contributed by atoms with Crippen LogP contribution in [0, 0.1) is 0 Å². The van der Waals surface area contributed by atoms with Gasteiger partial charge >= 0.3 is 29.6 Å². The van der Waals surface area contributed by atoms with Gasteiger partial charge in [-0.05, 0) is 18.2 Å². The van der Waals surface area contributed by atoms with Gasteiger partial charge in [-0.25, -0.2) is 8.42 Å². The molecule has 66 valence electrons. The topological polar surface area (TPSA) is 83.2 Å². The Hall–Kier alpha value is 0.220. The fourth-order valence-corrected chi connectivity index (χ4v) is 1.59. The van der Waals surface area contributed by atoms with Crippen LogP contribution in [0.5, 0.6) is 0 Å². The molecule has 1 aromatic rings. The van der Waals surface area contributed by atoms with E-state index in [0.29, 0.717) is 0 Å². The predicted octanol–water partition coefficient (Wildman–Crippen LogP) is -2.17. The first-order chi connectivity index (χ1) is 5.41. The van der Waals surface area contributed by atoms with Crippen molar-refractivity contribution in [3.05, 3.63) is 23.2 Å². The Morgan fingerprint density at radius 2 is 1.92 bits per heavy atom. The Labute approximate surface area is 103 Å². The monoisotopic (exact) mass is 229 g/mol. The zero-order valence-electron chi connectivity index (χ0n) is 6.82. The van der Waals surface area contributed by atoms with Crippen LogP contribution in [-0.2, 0) is 10.1 Å². The third kappa shape index (κ3) is 3.46. The number of rotatable bonds is 1. The number of nitrogen functional groups attached to an aromatic ring is 1. The average molecular weight is 230 g/mol. The number of anilines is 1. The molecule has 2 N–H and O–H groups in total. The van der Waals surface area contributed by atoms with E-state index in [2.05, 4.69) is 0 Å². The molecule has 0 aliphatic carbocycles. The quantitative estimate of drug-likeness (QED) is 0.338. The number of hydrogen-bond donors (Lipinski definition) is 1. The molecule has 0 fully saturated rings. The van der Waals surface area contributed by atoms with E-state index in [-0.39, 0.29) is 40.3 Å². The first kappa shape index (κ1) is 13.2. The maximum atomic E-state index is 10.5. The van der Waals surface area contributed by atoms with E-state index in [1.165, 1.54) is 12.1 Å². The first-order valence-electron chi connectivity index (χ1n) is 2.92. The molecule has 0 unspecified atom stereocenters. The van der Waals surface area contributed by atoms with Crippen LogP contribution in [0.3, 0.4) is 0 Å². The van der Waals surface area contributed by atoms with Crippen LogP contribution < -0.4 is 35.3 Å². The summed E-state index contributed by atoms with van der Waals surface area (Å²) >= 11 is 5.46. The van der Waals surface area contributed by atoms with Gasteiger partial charge in [0.15, 0.2) is 0 Å². The van der Waals surface area contributed by atoms with Crippen LogP contribution in [0.15, 0.2) is 23.1 Å². The van der Waals surface area contributed by atoms with Crippen molar-refractivity contribution in [1.82, 2.24) is 0 Å². The summed E-state index contributed by atoms with van der Waals surface area (Å²) in [5.74, 6) is 0. The molecule has 0 spiro atoms. The predicted molar refractivity (Wildman–Crippen MR) is 43.8 cm³/mol. The van der Waals surface area contributed by atoms with Gasteiger partial charge in [-0.15, -0.1) is 0 Å². The molecule has 7 heteroatoms. The van der Waals surface area contributed by atoms with Crippen molar-refractivity contribution in [1.29, 1.82) is 0 Å². The molecule has 4 nitrogen and oxygen atoms in total. The fourth-order valence-electron chi connectivity index (χ4n) is 0.725. The van der Waals surface area contributed by atoms with Crippen LogP contribution in [0.2, 0.25) is 5.02 Å². The van der Waals surface area contributed by atoms with Crippen molar-refractivity contribution in [2.75, 3.05) is 5.73 Å². The summed E-state index contributed by atoms with van der Waals surface area (Å²) in [6.07, 6.45) is 0. The maximum Gasteiger partial charge on any atom is 1.00 e. The molecule has 0 bridgehead atoms. The molecule has 0 saturated carbocycles. The third-order valence-corrected chi connectivity index (χ3v) is 2.37. The van der Waals surface area contributed by atoms with Gasteiger partial charge in [0.1, 0.15) is 10.1 Å². The molecule has 0 aliphatic heterocycles. The Balaban J connectivity index is 0.00000144. The van der Waals surface area contributed by atoms with E-state index in [4.69, 9.17) is 17.3 Å². The van der Waals surface area contributed by atoms with Crippen molar-refractivity contribution in [3.8, 4) is 0 Å². The molecular formula is C6H5ClNNaO3S. The summed E-state index contributed by atoms with van der Waals surface area (Å²) in [5, 5.41) is 0.165. The molecule has 0 heterocycles. The summed E-state index contributed by atoms with van der Waals surface area (Å²) < 4.78 is 31.5. The number of benzene rings is 1. The molecule has 0 radical (unpaired) electrons. The summed E-state index contributed by atoms with van der Waals surface area (Å²) in [6, 6.07) is 3.71. The van der Waals surface area contributed by atoms with Crippen LogP contribution in [0.1, 0.15) is 0 Å². The molecule has 0 amide bonds. The van der Waals surface area contributed by atoms with Crippen LogP contribution in [0.25, 0.3) is 0 Å². The van der Waals surface area contributed by atoms with Gasteiger partial charge in [-0.1, -0.05) is 11.6 Å². The summed E-state index contributed by atoms with van der Waals surface area (Å²) in [5.41, 5.74) is 5.15. The molecule has 1 rings (SSSR count). The fraction of sp³-hybridized carbons (Fsp3) is 0. The Bertz CT molecular complexity index is 406. The first-order valence-corrected chi connectivity index (χ1v) is 4.71. The largest absolute Gasteiger partial charge is 1.00 e. The van der Waals surface area contributed by atoms with Crippen molar-refractivity contribution in [3.63, 3.8) is 0 Å². The van der Waals surface area contributed by atoms with Crippen molar-refractivity contribution >= 4 is 27.4 Å². The van der Waals surface area contributed by atoms with Crippen molar-refractivity contribution in [2.45, 2.75) is 4.90 Å². The van der Waals surface area contributed by atoms with Gasteiger partial charge < -0.3 is 10.3 Å². The average Bonchev–Trinajstić information content (AvgIpc) is 1.92. The van der Waals surface area contributed by atoms with Crippen LogP contribution in [0.4, 0.5) is 5.69 Å². The minimum absolute atomic E-state index is 0. The normalized spacial score (nSPS) is 10.6. The van der Waals surface area contributed by atoms with E-state index in [9.17, 15) is 13.0 Å². The summed E-state index contributed by atoms with van der Waals surface area (Å²) in [6.45, 7) is 0. The zero-order chi connectivity index (χ0) is 9.35. The molecular weight excluding hydrogens is 225 g/mol. The molecule has 1 aromatic carbocycles. The smallest absolute Gasteiger partial charge is 0.744 e. The molecule has 0 atom stereocenters. The van der Waals surface area contributed by atoms with Gasteiger partial charge in [0.2, 0.25) is 0 Å². The molecule has 0 aliphatic rings. The van der Waals surface area contributed by atoms with Crippen molar-refractivity contribution in [2.24, 2.45) is 0 Å². The van der Waals surface area contributed by atoms with E-state index in [1.807, 2.05) is 0 Å². The Morgan fingerprint density at radius 1 is 1.38 bits per heavy atom. The number of hydrogen-bond acceptors (Lipinski definition) is 4. The second kappa shape index (κ2) is 4.63. The minimum Gasteiger partial charge on any atom is -0.744 e. The molecule has 13 heavy (non-hydrogen) atoms. The number of nitrogens with two attached hydrogens (primary N) is 1. The van der Waals surface area contributed by atoms with Crippen LogP contribution >= 0.6 is 11.6 Å². The Morgan fingerprint density at radius 3 is 2.31 bits per heavy atom. The van der Waals surface area contributed by atoms with Gasteiger partial charge in [-0.2, -0.15) is 0 Å². The summed E-state index contributed by atoms with van der Waals surface area (Å²) in [4.78, 5) is -0.477. The standard InChI is InChI=1S/C6H6ClNO3S.Na/c7-4-1-2-5(8)6(3-4)12(9,10)11;/h1-3H,8H2,(H,9,10,11);/q;+1/p-1. The zero-order valence-corrected chi connectivity index (χ0v) is 10.4. The maximum absolute atomic E-state index is 10.5. The van der Waals surface area contributed by atoms with Gasteiger partial charge in [0.25, 0.3) is 0 Å². The third-order valence-electron chi connectivity index (χ3n) is 1.24. The van der Waals surface area contributed by atoms with Crippen molar-refractivity contribution < 1.29 is 42.5 Å². The van der Waals surface area contributed by atoms with Gasteiger partial charge in [-0.3, -0.25) is 0 Å².